The summed E-state index contributed by atoms with van der Waals surface area (Å²) in [4.78, 5) is 0. The van der Waals surface area contributed by atoms with Gasteiger partial charge in [-0.25, -0.2) is 0 Å². The van der Waals surface area contributed by atoms with Gasteiger partial charge in [0, 0.05) is 5.41 Å². The quantitative estimate of drug-likeness (QED) is 0.156. The summed E-state index contributed by atoms with van der Waals surface area (Å²) in [6, 6.07) is 82.0. The predicted octanol–water partition coefficient (Wildman–Crippen LogP) is 17.6. The third kappa shape index (κ3) is 5.54. The zero-order valence-corrected chi connectivity index (χ0v) is 35.3. The van der Waals surface area contributed by atoms with E-state index in [4.69, 9.17) is 0 Å². The van der Waals surface area contributed by atoms with Gasteiger partial charge in [0.2, 0.25) is 0 Å². The fourth-order valence-corrected chi connectivity index (χ4v) is 11.0. The molecule has 0 bridgehead atoms. The zero-order chi connectivity index (χ0) is 41.8. The average molecular weight is 799 g/mol. The minimum Gasteiger partial charge on any atom is -0.0619 e. The Hall–Kier alpha value is -7.80. The second-order valence-electron chi connectivity index (χ2n) is 18.1. The van der Waals surface area contributed by atoms with Gasteiger partial charge in [0.15, 0.2) is 0 Å². The van der Waals surface area contributed by atoms with E-state index in [1.165, 1.54) is 131 Å². The van der Waals surface area contributed by atoms with Crippen molar-refractivity contribution in [2.75, 3.05) is 0 Å². The van der Waals surface area contributed by atoms with Crippen molar-refractivity contribution in [2.24, 2.45) is 0 Å². The van der Waals surface area contributed by atoms with Gasteiger partial charge in [-0.05, 0) is 180 Å². The first kappa shape index (κ1) is 35.9. The molecule has 12 aromatic rings. The third-order valence-corrected chi connectivity index (χ3v) is 14.2. The number of hydrogen-bond donors (Lipinski definition) is 0. The Kier molecular flexibility index (Phi) is 7.75. The SMILES string of the molecule is CC1(C)c2ccccc2-c2ccc(-c3ccc4cc(-c5cc(-c6ccc7ccccc7c6)cc(-c6cc7c8ccccc8c8ccccc8c7c7ccccc67)c5)ccc4c3)cc21. The van der Waals surface area contributed by atoms with Crippen LogP contribution in [0.1, 0.15) is 25.0 Å². The van der Waals surface area contributed by atoms with Gasteiger partial charge < -0.3 is 0 Å². The predicted molar refractivity (Wildman–Crippen MR) is 271 cm³/mol. The second kappa shape index (κ2) is 13.6. The van der Waals surface area contributed by atoms with E-state index in [2.05, 4.69) is 232 Å². The van der Waals surface area contributed by atoms with Crippen LogP contribution in [0.2, 0.25) is 0 Å². The van der Waals surface area contributed by atoms with Gasteiger partial charge in [0.1, 0.15) is 0 Å². The van der Waals surface area contributed by atoms with Gasteiger partial charge in [0.05, 0.1) is 0 Å². The van der Waals surface area contributed by atoms with E-state index < -0.39 is 0 Å². The van der Waals surface area contributed by atoms with Gasteiger partial charge in [0.25, 0.3) is 0 Å². The molecule has 294 valence electrons. The molecule has 0 heteroatoms. The van der Waals surface area contributed by atoms with Gasteiger partial charge in [-0.1, -0.05) is 184 Å². The molecule has 0 spiro atoms. The summed E-state index contributed by atoms with van der Waals surface area (Å²) in [5.74, 6) is 0. The molecular formula is C63H42. The molecule has 0 aliphatic heterocycles. The summed E-state index contributed by atoms with van der Waals surface area (Å²) in [5, 5.41) is 15.3. The number of rotatable bonds is 4. The molecule has 0 saturated heterocycles. The lowest BCUT2D eigenvalue weighted by Crippen LogP contribution is -2.14. The van der Waals surface area contributed by atoms with E-state index in [0.29, 0.717) is 0 Å². The fraction of sp³-hybridized carbons (Fsp3) is 0.0476. The van der Waals surface area contributed by atoms with Gasteiger partial charge in [-0.15, -0.1) is 0 Å². The largest absolute Gasteiger partial charge is 0.0619 e. The maximum atomic E-state index is 2.47. The summed E-state index contributed by atoms with van der Waals surface area (Å²) >= 11 is 0. The summed E-state index contributed by atoms with van der Waals surface area (Å²) in [6.07, 6.45) is 0. The Bertz CT molecular complexity index is 3880. The maximum Gasteiger partial charge on any atom is 0.0159 e. The van der Waals surface area contributed by atoms with E-state index in [1.54, 1.807) is 0 Å². The van der Waals surface area contributed by atoms with Crippen LogP contribution in [0.15, 0.2) is 218 Å². The Labute approximate surface area is 367 Å². The number of fused-ring (bicyclic) bond motifs is 13. The van der Waals surface area contributed by atoms with Crippen LogP contribution < -0.4 is 0 Å². The first-order valence-corrected chi connectivity index (χ1v) is 22.1. The van der Waals surface area contributed by atoms with Crippen molar-refractivity contribution in [3.63, 3.8) is 0 Å². The molecule has 12 aromatic carbocycles. The number of hydrogen-bond acceptors (Lipinski definition) is 0. The van der Waals surface area contributed by atoms with Gasteiger partial charge in [-0.3, -0.25) is 0 Å². The normalized spacial score (nSPS) is 13.0. The van der Waals surface area contributed by atoms with E-state index in [1.807, 2.05) is 0 Å². The zero-order valence-electron chi connectivity index (χ0n) is 35.3. The monoisotopic (exact) mass is 798 g/mol. The summed E-state index contributed by atoms with van der Waals surface area (Å²) in [5.41, 5.74) is 15.3. The molecule has 0 fully saturated rings. The summed E-state index contributed by atoms with van der Waals surface area (Å²) < 4.78 is 0. The molecule has 0 nitrogen and oxygen atoms in total. The van der Waals surface area contributed by atoms with Gasteiger partial charge in [-0.2, -0.15) is 0 Å². The highest BCUT2D eigenvalue weighted by molar-refractivity contribution is 6.33. The van der Waals surface area contributed by atoms with E-state index >= 15 is 0 Å². The standard InChI is InChI=1S/C63H42/c1-63(2)60-22-12-11-19-54(60)55-30-29-46(37-61(55)63)43-26-25-42-33-45(28-27-41(42)32-43)48-34-47(44-24-23-39-13-3-4-14-40(39)31-44)35-49(36-48)58-38-59-52-17-6-5-15-50(52)51-16-7-9-20-56(51)62(59)57-21-10-8-18-53(57)58/h3-38H,1-2H3. The molecule has 0 unspecified atom stereocenters. The van der Waals surface area contributed by atoms with Crippen LogP contribution in [-0.2, 0) is 5.41 Å². The van der Waals surface area contributed by atoms with Crippen LogP contribution in [0.4, 0.5) is 0 Å². The maximum absolute atomic E-state index is 2.47. The summed E-state index contributed by atoms with van der Waals surface area (Å²) in [6.45, 7) is 4.71. The van der Waals surface area contributed by atoms with Crippen molar-refractivity contribution in [2.45, 2.75) is 19.3 Å². The third-order valence-electron chi connectivity index (χ3n) is 14.2. The highest BCUT2D eigenvalue weighted by atomic mass is 14.4. The Morgan fingerprint density at radius 2 is 0.667 bits per heavy atom. The molecule has 0 radical (unpaired) electrons. The molecule has 63 heavy (non-hydrogen) atoms. The molecule has 13 rings (SSSR count). The molecule has 0 N–H and O–H groups in total. The smallest absolute Gasteiger partial charge is 0.0159 e. The molecule has 0 amide bonds. The van der Waals surface area contributed by atoms with E-state index in [9.17, 15) is 0 Å². The van der Waals surface area contributed by atoms with Crippen molar-refractivity contribution in [3.05, 3.63) is 230 Å². The molecular weight excluding hydrogens is 757 g/mol. The van der Waals surface area contributed by atoms with Crippen LogP contribution in [0.5, 0.6) is 0 Å². The van der Waals surface area contributed by atoms with Gasteiger partial charge >= 0.3 is 0 Å². The van der Waals surface area contributed by atoms with Crippen molar-refractivity contribution in [1.82, 2.24) is 0 Å². The lowest BCUT2D eigenvalue weighted by Gasteiger charge is -2.22. The molecule has 0 atom stereocenters. The highest BCUT2D eigenvalue weighted by Gasteiger charge is 2.35. The lowest BCUT2D eigenvalue weighted by molar-refractivity contribution is 0.660. The molecule has 0 aromatic heterocycles. The minimum atomic E-state index is -0.0325. The summed E-state index contributed by atoms with van der Waals surface area (Å²) in [7, 11) is 0. The van der Waals surface area contributed by atoms with E-state index in [0.717, 1.165) is 0 Å². The fourth-order valence-electron chi connectivity index (χ4n) is 11.0. The lowest BCUT2D eigenvalue weighted by atomic mass is 9.81. The van der Waals surface area contributed by atoms with E-state index in [-0.39, 0.29) is 5.41 Å². The molecule has 0 heterocycles. The van der Waals surface area contributed by atoms with Crippen LogP contribution in [0, 0.1) is 0 Å². The van der Waals surface area contributed by atoms with Crippen LogP contribution in [0.25, 0.3) is 120 Å². The molecule has 0 saturated carbocycles. The first-order chi connectivity index (χ1) is 31.0. The van der Waals surface area contributed by atoms with Crippen LogP contribution in [0.3, 0.4) is 0 Å². The van der Waals surface area contributed by atoms with Crippen LogP contribution >= 0.6 is 0 Å². The van der Waals surface area contributed by atoms with Crippen molar-refractivity contribution in [1.29, 1.82) is 0 Å². The second-order valence-corrected chi connectivity index (χ2v) is 18.1. The minimum absolute atomic E-state index is 0.0325. The van der Waals surface area contributed by atoms with Crippen LogP contribution in [-0.4, -0.2) is 0 Å². The Morgan fingerprint density at radius 3 is 1.35 bits per heavy atom. The molecule has 1 aliphatic rings. The molecule has 1 aliphatic carbocycles. The van der Waals surface area contributed by atoms with Crippen molar-refractivity contribution >= 4 is 64.6 Å². The Balaban J connectivity index is 0.989. The Morgan fingerprint density at radius 1 is 0.238 bits per heavy atom. The average Bonchev–Trinajstić information content (AvgIpc) is 3.58. The van der Waals surface area contributed by atoms with Crippen molar-refractivity contribution in [3.8, 4) is 55.6 Å². The number of benzene rings is 12. The van der Waals surface area contributed by atoms with Crippen molar-refractivity contribution < 1.29 is 0 Å². The highest BCUT2D eigenvalue weighted by Crippen LogP contribution is 2.50. The first-order valence-electron chi connectivity index (χ1n) is 22.1. The topological polar surface area (TPSA) is 0 Å².